The Hall–Kier alpha value is -1.63. The Morgan fingerprint density at radius 1 is 1.32 bits per heavy atom. The van der Waals surface area contributed by atoms with Crippen molar-refractivity contribution < 1.29 is 0 Å². The first kappa shape index (κ1) is 13.8. The fourth-order valence-corrected chi connectivity index (χ4v) is 2.43. The molecule has 0 radical (unpaired) electrons. The molecule has 7 heteroatoms. The van der Waals surface area contributed by atoms with Crippen LogP contribution in [0, 0.1) is 18.6 Å². The maximum atomic E-state index is 5.79. The van der Waals surface area contributed by atoms with Gasteiger partial charge in [0.05, 0.1) is 5.69 Å². The zero-order chi connectivity index (χ0) is 14.0. The second kappa shape index (κ2) is 5.56. The van der Waals surface area contributed by atoms with Crippen molar-refractivity contribution in [3.63, 3.8) is 0 Å². The highest BCUT2D eigenvalue weighted by Crippen LogP contribution is 2.15. The number of aryl methyl sites for hydroxylation is 3. The lowest BCUT2D eigenvalue weighted by atomic mass is 10.1. The van der Waals surface area contributed by atoms with E-state index in [9.17, 15) is 0 Å². The van der Waals surface area contributed by atoms with Gasteiger partial charge in [0.2, 0.25) is 4.77 Å². The highest BCUT2D eigenvalue weighted by Gasteiger charge is 2.12. The van der Waals surface area contributed by atoms with Crippen LogP contribution in [0.2, 0.25) is 0 Å². The van der Waals surface area contributed by atoms with Gasteiger partial charge in [-0.05, 0) is 44.5 Å². The smallest absolute Gasteiger partial charge is 0.214 e. The zero-order valence-corrected chi connectivity index (χ0v) is 12.4. The molecule has 0 aliphatic heterocycles. The van der Waals surface area contributed by atoms with E-state index in [1.807, 2.05) is 6.92 Å². The molecular weight excluding hydrogens is 260 g/mol. The summed E-state index contributed by atoms with van der Waals surface area (Å²) in [6.45, 7) is 7.28. The molecule has 0 atom stereocenters. The predicted molar refractivity (Wildman–Crippen MR) is 77.0 cm³/mol. The van der Waals surface area contributed by atoms with E-state index in [1.165, 1.54) is 15.9 Å². The van der Waals surface area contributed by atoms with E-state index in [0.29, 0.717) is 4.77 Å². The van der Waals surface area contributed by atoms with Gasteiger partial charge in [-0.25, -0.2) is 4.68 Å². The Morgan fingerprint density at radius 3 is 2.63 bits per heavy atom. The first-order chi connectivity index (χ1) is 9.04. The highest BCUT2D eigenvalue weighted by atomic mass is 32.1. The highest BCUT2D eigenvalue weighted by molar-refractivity contribution is 7.71. The SMILES string of the molecule is CCCn1nc(C)c(CCc2n[nH]c(=S)n2N)c1C. The minimum Gasteiger partial charge on any atom is -0.335 e. The molecule has 2 rings (SSSR count). The van der Waals surface area contributed by atoms with Gasteiger partial charge in [0, 0.05) is 18.7 Å². The predicted octanol–water partition coefficient (Wildman–Crippen LogP) is 1.66. The van der Waals surface area contributed by atoms with Crippen LogP contribution < -0.4 is 5.84 Å². The van der Waals surface area contributed by atoms with Gasteiger partial charge in [-0.1, -0.05) is 6.92 Å². The Labute approximate surface area is 117 Å². The molecule has 104 valence electrons. The van der Waals surface area contributed by atoms with Gasteiger partial charge in [0.25, 0.3) is 0 Å². The Bertz CT molecular complexity index is 621. The molecule has 0 aliphatic rings. The molecule has 2 aromatic heterocycles. The van der Waals surface area contributed by atoms with Crippen LogP contribution in [0.4, 0.5) is 0 Å². The molecule has 0 unspecified atom stereocenters. The van der Waals surface area contributed by atoms with Gasteiger partial charge in [-0.3, -0.25) is 9.78 Å². The maximum Gasteiger partial charge on any atom is 0.214 e. The second-order valence-corrected chi connectivity index (χ2v) is 5.07. The third-order valence-electron chi connectivity index (χ3n) is 3.34. The summed E-state index contributed by atoms with van der Waals surface area (Å²) in [5.74, 6) is 6.56. The number of aromatic amines is 1. The molecule has 0 aliphatic carbocycles. The molecule has 0 saturated carbocycles. The number of hydrogen-bond donors (Lipinski definition) is 2. The van der Waals surface area contributed by atoms with Crippen LogP contribution in [-0.2, 0) is 19.4 Å². The first-order valence-corrected chi connectivity index (χ1v) is 6.89. The quantitative estimate of drug-likeness (QED) is 0.645. The van der Waals surface area contributed by atoms with Crippen LogP contribution in [0.25, 0.3) is 0 Å². The van der Waals surface area contributed by atoms with Gasteiger partial charge < -0.3 is 5.84 Å². The van der Waals surface area contributed by atoms with Crippen LogP contribution in [-0.4, -0.2) is 24.7 Å². The third-order valence-corrected chi connectivity index (χ3v) is 3.63. The summed E-state index contributed by atoms with van der Waals surface area (Å²) in [6, 6.07) is 0. The van der Waals surface area contributed by atoms with E-state index < -0.39 is 0 Å². The molecule has 0 aromatic carbocycles. The summed E-state index contributed by atoms with van der Waals surface area (Å²) in [7, 11) is 0. The average molecular weight is 280 g/mol. The summed E-state index contributed by atoms with van der Waals surface area (Å²) in [5.41, 5.74) is 3.60. The molecule has 0 amide bonds. The maximum absolute atomic E-state index is 5.79. The molecule has 6 nitrogen and oxygen atoms in total. The van der Waals surface area contributed by atoms with E-state index in [0.717, 1.165) is 37.3 Å². The first-order valence-electron chi connectivity index (χ1n) is 6.48. The number of nitrogens with two attached hydrogens (primary N) is 1. The van der Waals surface area contributed by atoms with Crippen LogP contribution in [0.1, 0.15) is 36.1 Å². The second-order valence-electron chi connectivity index (χ2n) is 4.69. The summed E-state index contributed by atoms with van der Waals surface area (Å²) in [5, 5.41) is 11.4. The van der Waals surface area contributed by atoms with Gasteiger partial charge in [-0.2, -0.15) is 10.2 Å². The monoisotopic (exact) mass is 280 g/mol. The average Bonchev–Trinajstić information content (AvgIpc) is 2.82. The van der Waals surface area contributed by atoms with Crippen LogP contribution in [0.15, 0.2) is 0 Å². The Morgan fingerprint density at radius 2 is 2.05 bits per heavy atom. The van der Waals surface area contributed by atoms with Crippen LogP contribution in [0.3, 0.4) is 0 Å². The number of aromatic nitrogens is 5. The van der Waals surface area contributed by atoms with Crippen molar-refractivity contribution in [1.82, 2.24) is 24.7 Å². The van der Waals surface area contributed by atoms with Gasteiger partial charge in [0.15, 0.2) is 5.82 Å². The van der Waals surface area contributed by atoms with E-state index in [4.69, 9.17) is 18.1 Å². The third kappa shape index (κ3) is 2.70. The summed E-state index contributed by atoms with van der Waals surface area (Å²) < 4.78 is 3.95. The van der Waals surface area contributed by atoms with Crippen molar-refractivity contribution in [3.8, 4) is 0 Å². The molecular formula is C12H20N6S. The van der Waals surface area contributed by atoms with E-state index in [-0.39, 0.29) is 0 Å². The van der Waals surface area contributed by atoms with E-state index in [2.05, 4.69) is 33.8 Å². The molecule has 3 N–H and O–H groups in total. The number of H-pyrrole nitrogens is 1. The lowest BCUT2D eigenvalue weighted by molar-refractivity contribution is 0.582. The van der Waals surface area contributed by atoms with Gasteiger partial charge in [0.1, 0.15) is 0 Å². The molecule has 0 fully saturated rings. The normalized spacial score (nSPS) is 11.1. The van der Waals surface area contributed by atoms with Gasteiger partial charge in [-0.15, -0.1) is 0 Å². The Balaban J connectivity index is 2.15. The van der Waals surface area contributed by atoms with Crippen molar-refractivity contribution >= 4 is 12.2 Å². The van der Waals surface area contributed by atoms with E-state index in [1.54, 1.807) is 0 Å². The number of nitrogen functional groups attached to an aromatic ring is 1. The summed E-state index contributed by atoms with van der Waals surface area (Å²) >= 11 is 5.00. The fraction of sp³-hybridized carbons (Fsp3) is 0.583. The Kier molecular flexibility index (Phi) is 4.04. The summed E-state index contributed by atoms with van der Waals surface area (Å²) in [4.78, 5) is 0. The molecule has 2 heterocycles. The fourth-order valence-electron chi connectivity index (χ4n) is 2.28. The molecule has 0 bridgehead atoms. The van der Waals surface area contributed by atoms with Crippen molar-refractivity contribution in [1.29, 1.82) is 0 Å². The molecule has 19 heavy (non-hydrogen) atoms. The lowest BCUT2D eigenvalue weighted by Gasteiger charge is -2.04. The standard InChI is InChI=1S/C12H20N6S/c1-4-7-17-9(3)10(8(2)16-17)5-6-11-14-15-12(19)18(11)13/h4-7,13H2,1-3H3,(H,15,19). The largest absolute Gasteiger partial charge is 0.335 e. The number of nitrogens with zero attached hydrogens (tertiary/aromatic N) is 4. The zero-order valence-electron chi connectivity index (χ0n) is 11.6. The van der Waals surface area contributed by atoms with Crippen molar-refractivity contribution in [3.05, 3.63) is 27.5 Å². The van der Waals surface area contributed by atoms with Crippen LogP contribution >= 0.6 is 12.2 Å². The summed E-state index contributed by atoms with van der Waals surface area (Å²) in [6.07, 6.45) is 2.71. The van der Waals surface area contributed by atoms with Crippen LogP contribution in [0.5, 0.6) is 0 Å². The number of hydrogen-bond acceptors (Lipinski definition) is 4. The minimum absolute atomic E-state index is 0.449. The molecule has 0 spiro atoms. The topological polar surface area (TPSA) is 77.5 Å². The minimum atomic E-state index is 0.449. The lowest BCUT2D eigenvalue weighted by Crippen LogP contribution is -2.13. The number of nitrogens with one attached hydrogen (secondary N) is 1. The van der Waals surface area contributed by atoms with E-state index >= 15 is 0 Å². The van der Waals surface area contributed by atoms with Crippen molar-refractivity contribution in [2.45, 2.75) is 46.6 Å². The van der Waals surface area contributed by atoms with Crippen molar-refractivity contribution in [2.24, 2.45) is 0 Å². The molecule has 2 aromatic rings. The van der Waals surface area contributed by atoms with Gasteiger partial charge >= 0.3 is 0 Å². The molecule has 0 saturated heterocycles. The number of rotatable bonds is 5. The van der Waals surface area contributed by atoms with Crippen molar-refractivity contribution in [2.75, 3.05) is 5.84 Å².